The van der Waals surface area contributed by atoms with Gasteiger partial charge in [-0.25, -0.2) is 23.0 Å². The molecule has 0 radical (unpaired) electrons. The van der Waals surface area contributed by atoms with Crippen molar-refractivity contribution >= 4 is 39.7 Å². The number of amides is 3. The molecule has 2 aromatic carbocycles. The predicted molar refractivity (Wildman–Crippen MR) is 150 cm³/mol. The lowest BCUT2D eigenvalue weighted by Crippen LogP contribution is -2.48. The first kappa shape index (κ1) is 29.4. The highest BCUT2D eigenvalue weighted by Gasteiger charge is 2.44. The lowest BCUT2D eigenvalue weighted by molar-refractivity contribution is -0.117. The third kappa shape index (κ3) is 6.22. The number of carbonyl (C=O) groups is 3. The third-order valence-electron chi connectivity index (χ3n) is 7.12. The van der Waals surface area contributed by atoms with Crippen molar-refractivity contribution in [1.29, 1.82) is 0 Å². The number of hydrogen-bond donors (Lipinski definition) is 2. The largest absolute Gasteiger partial charge is 0.487 e. The fourth-order valence-corrected chi connectivity index (χ4v) is 6.28. The molecule has 3 aliphatic rings. The van der Waals surface area contributed by atoms with Gasteiger partial charge >= 0.3 is 22.4 Å². The second-order valence-electron chi connectivity index (χ2n) is 11.7. The van der Waals surface area contributed by atoms with Gasteiger partial charge in [0.1, 0.15) is 30.2 Å². The van der Waals surface area contributed by atoms with E-state index in [1.54, 1.807) is 51.1 Å². The smallest absolute Gasteiger partial charge is 0.412 e. The number of anilines is 2. The van der Waals surface area contributed by atoms with E-state index in [-0.39, 0.29) is 42.5 Å². The van der Waals surface area contributed by atoms with E-state index >= 15 is 4.39 Å². The van der Waals surface area contributed by atoms with Crippen LogP contribution in [-0.4, -0.2) is 67.8 Å². The van der Waals surface area contributed by atoms with Gasteiger partial charge in [0.15, 0.2) is 5.82 Å². The van der Waals surface area contributed by atoms with E-state index in [2.05, 4.69) is 0 Å². The summed E-state index contributed by atoms with van der Waals surface area (Å²) in [4.78, 5) is 40.1. The van der Waals surface area contributed by atoms with Gasteiger partial charge in [-0.3, -0.25) is 9.69 Å². The molecule has 2 fully saturated rings. The summed E-state index contributed by atoms with van der Waals surface area (Å²) in [7, 11) is -4.42. The van der Waals surface area contributed by atoms with Crippen LogP contribution >= 0.6 is 0 Å². The Morgan fingerprint density at radius 3 is 2.43 bits per heavy atom. The number of benzene rings is 2. The first-order valence-electron chi connectivity index (χ1n) is 13.6. The Hall–Kier alpha value is -4.07. The zero-order valence-electron chi connectivity index (χ0n) is 23.5. The van der Waals surface area contributed by atoms with E-state index in [1.165, 1.54) is 11.0 Å². The second kappa shape index (κ2) is 11.0. The van der Waals surface area contributed by atoms with Crippen molar-refractivity contribution in [3.05, 3.63) is 53.3 Å². The SMILES string of the molecule is CC(C)(C)OC(=O)N(CC1CC1)C[C@H]1Cc2c(cc(OCc3ccccc3)c(N3CC(=O)NS3(=O)=O)c2F)N1C(=O)O. The molecule has 1 aliphatic carbocycles. The highest BCUT2D eigenvalue weighted by molar-refractivity contribution is 7.92. The van der Waals surface area contributed by atoms with Crippen molar-refractivity contribution in [3.8, 4) is 5.75 Å². The number of hydrogen-bond acceptors (Lipinski definition) is 7. The molecule has 2 N–H and O–H groups in total. The van der Waals surface area contributed by atoms with Crippen LogP contribution in [0.15, 0.2) is 36.4 Å². The van der Waals surface area contributed by atoms with E-state index in [9.17, 15) is 27.9 Å². The highest BCUT2D eigenvalue weighted by atomic mass is 32.2. The molecule has 0 spiro atoms. The first-order valence-corrected chi connectivity index (χ1v) is 15.0. The molecular formula is C28H33FN4O8S. The number of carbonyl (C=O) groups excluding carboxylic acids is 2. The maximum Gasteiger partial charge on any atom is 0.412 e. The number of nitrogens with one attached hydrogen (secondary N) is 1. The maximum absolute atomic E-state index is 16.4. The molecule has 0 bridgehead atoms. The zero-order chi connectivity index (χ0) is 30.4. The fourth-order valence-electron chi connectivity index (χ4n) is 5.12. The molecule has 0 aromatic heterocycles. The average molecular weight is 605 g/mol. The quantitative estimate of drug-likeness (QED) is 0.465. The molecule has 42 heavy (non-hydrogen) atoms. The Kier molecular flexibility index (Phi) is 7.68. The summed E-state index contributed by atoms with van der Waals surface area (Å²) in [6, 6.07) is 9.24. The van der Waals surface area contributed by atoms with Crippen LogP contribution in [0.1, 0.15) is 44.7 Å². The highest BCUT2D eigenvalue weighted by Crippen LogP contribution is 2.46. The van der Waals surface area contributed by atoms with Crippen molar-refractivity contribution in [1.82, 2.24) is 9.62 Å². The summed E-state index contributed by atoms with van der Waals surface area (Å²) in [5.41, 5.74) is -0.652. The van der Waals surface area contributed by atoms with Crippen LogP contribution in [-0.2, 0) is 32.8 Å². The molecule has 3 amide bonds. The van der Waals surface area contributed by atoms with Crippen molar-refractivity contribution in [2.75, 3.05) is 28.8 Å². The van der Waals surface area contributed by atoms with Crippen LogP contribution in [0.3, 0.4) is 0 Å². The van der Waals surface area contributed by atoms with Gasteiger partial charge in [0, 0.05) is 31.1 Å². The van der Waals surface area contributed by atoms with Crippen LogP contribution in [0.25, 0.3) is 0 Å². The molecule has 1 saturated carbocycles. The topological polar surface area (TPSA) is 146 Å². The van der Waals surface area contributed by atoms with Gasteiger partial charge in [-0.05, 0) is 45.1 Å². The molecule has 12 nitrogen and oxygen atoms in total. The van der Waals surface area contributed by atoms with Gasteiger partial charge in [0.2, 0.25) is 0 Å². The Morgan fingerprint density at radius 1 is 1.17 bits per heavy atom. The number of fused-ring (bicyclic) bond motifs is 1. The van der Waals surface area contributed by atoms with Crippen molar-refractivity contribution in [2.45, 2.75) is 58.3 Å². The number of halogens is 1. The summed E-state index contributed by atoms with van der Waals surface area (Å²) in [5.74, 6) is -1.84. The Morgan fingerprint density at radius 2 is 1.86 bits per heavy atom. The zero-order valence-corrected chi connectivity index (χ0v) is 24.3. The third-order valence-corrected chi connectivity index (χ3v) is 8.50. The van der Waals surface area contributed by atoms with Crippen LogP contribution in [0.5, 0.6) is 5.75 Å². The Bertz CT molecular complexity index is 1510. The van der Waals surface area contributed by atoms with Crippen molar-refractivity contribution in [2.24, 2.45) is 5.92 Å². The molecule has 0 unspecified atom stereocenters. The van der Waals surface area contributed by atoms with Crippen LogP contribution < -0.4 is 18.7 Å². The molecule has 2 aliphatic heterocycles. The lowest BCUT2D eigenvalue weighted by atomic mass is 10.1. The minimum Gasteiger partial charge on any atom is -0.487 e. The molecule has 2 heterocycles. The molecular weight excluding hydrogens is 571 g/mol. The number of rotatable bonds is 8. The van der Waals surface area contributed by atoms with E-state index < -0.39 is 58.0 Å². The van der Waals surface area contributed by atoms with Crippen LogP contribution in [0.2, 0.25) is 0 Å². The van der Waals surface area contributed by atoms with E-state index in [0.29, 0.717) is 16.4 Å². The van der Waals surface area contributed by atoms with Gasteiger partial charge in [0.25, 0.3) is 5.91 Å². The lowest BCUT2D eigenvalue weighted by Gasteiger charge is -2.31. The summed E-state index contributed by atoms with van der Waals surface area (Å²) < 4.78 is 55.7. The molecule has 2 aromatic rings. The fraction of sp³-hybridized carbons (Fsp3) is 0.464. The molecule has 226 valence electrons. The first-order chi connectivity index (χ1) is 19.7. The summed E-state index contributed by atoms with van der Waals surface area (Å²) in [6.07, 6.45) is -0.246. The Labute approximate surface area is 243 Å². The second-order valence-corrected chi connectivity index (χ2v) is 13.3. The van der Waals surface area contributed by atoms with Crippen LogP contribution in [0.4, 0.5) is 25.4 Å². The summed E-state index contributed by atoms with van der Waals surface area (Å²) >= 11 is 0. The van der Waals surface area contributed by atoms with E-state index in [1.807, 2.05) is 4.72 Å². The van der Waals surface area contributed by atoms with Crippen molar-refractivity contribution < 1.29 is 41.8 Å². The van der Waals surface area contributed by atoms with E-state index in [4.69, 9.17) is 9.47 Å². The summed E-state index contributed by atoms with van der Waals surface area (Å²) in [6.45, 7) is 4.75. The summed E-state index contributed by atoms with van der Waals surface area (Å²) in [5, 5.41) is 10.2. The minimum atomic E-state index is -4.42. The van der Waals surface area contributed by atoms with Gasteiger partial charge in [0.05, 0.1) is 11.7 Å². The number of nitrogens with zero attached hydrogens (tertiary/aromatic N) is 3. The predicted octanol–water partition coefficient (Wildman–Crippen LogP) is 3.64. The van der Waals surface area contributed by atoms with Gasteiger partial charge in [-0.1, -0.05) is 30.3 Å². The number of carboxylic acid groups (broad SMARTS) is 1. The van der Waals surface area contributed by atoms with E-state index in [0.717, 1.165) is 17.7 Å². The maximum atomic E-state index is 16.4. The van der Waals surface area contributed by atoms with Crippen LogP contribution in [0, 0.1) is 11.7 Å². The van der Waals surface area contributed by atoms with Gasteiger partial charge in [-0.15, -0.1) is 0 Å². The standard InChI is InChI=1S/C28H33FN4O8S/c1-28(2,3)41-27(37)31(13-17-9-10-17)14-19-11-20-21(33(19)26(35)36)12-22(40-16-18-7-5-4-6-8-18)25(24(20)29)32-15-23(34)30-42(32,38)39/h4-8,12,17,19H,9-11,13-16H2,1-3H3,(H,30,34)(H,35,36)/t19-/m1/s1. The molecule has 14 heteroatoms. The Balaban J connectivity index is 1.53. The molecule has 1 saturated heterocycles. The monoisotopic (exact) mass is 604 g/mol. The average Bonchev–Trinajstić information content (AvgIpc) is 3.56. The van der Waals surface area contributed by atoms with Gasteiger partial charge in [-0.2, -0.15) is 8.42 Å². The molecule has 5 rings (SSSR count). The van der Waals surface area contributed by atoms with Crippen molar-refractivity contribution in [3.63, 3.8) is 0 Å². The normalized spacial score (nSPS) is 19.3. The van der Waals surface area contributed by atoms with Gasteiger partial charge < -0.3 is 19.5 Å². The molecule has 1 atom stereocenters. The number of ether oxygens (including phenoxy) is 2. The minimum absolute atomic E-state index is 0.0248.